The molecule has 1 aliphatic heterocycles. The van der Waals surface area contributed by atoms with Crippen LogP contribution in [-0.2, 0) is 19.6 Å². The van der Waals surface area contributed by atoms with Crippen molar-refractivity contribution in [3.63, 3.8) is 0 Å². The van der Waals surface area contributed by atoms with Gasteiger partial charge in [-0.15, -0.1) is 0 Å². The second-order valence-corrected chi connectivity index (χ2v) is 4.56. The van der Waals surface area contributed by atoms with Gasteiger partial charge in [-0.2, -0.15) is 5.26 Å². The Balaban J connectivity index is 1.75. The molecular weight excluding hydrogens is 222 g/mol. The summed E-state index contributed by atoms with van der Waals surface area (Å²) in [5.74, 6) is 0. The molecular formula is C15H13N3. The maximum absolute atomic E-state index is 8.90. The molecule has 0 saturated heterocycles. The first-order valence-electron chi connectivity index (χ1n) is 5.99. The second kappa shape index (κ2) is 4.59. The maximum Gasteiger partial charge on any atom is 0.0991 e. The number of hydrogen-bond donors (Lipinski definition) is 0. The number of aromatic nitrogens is 1. The molecule has 18 heavy (non-hydrogen) atoms. The van der Waals surface area contributed by atoms with Crippen molar-refractivity contribution >= 4 is 0 Å². The van der Waals surface area contributed by atoms with E-state index in [0.717, 1.165) is 30.9 Å². The normalized spacial score (nSPS) is 14.2. The van der Waals surface area contributed by atoms with Gasteiger partial charge in [0.1, 0.15) is 0 Å². The molecule has 0 amide bonds. The standard InChI is InChI=1S/C15H13N3/c16-8-12-4-5-13-9-18(10-14(13)7-12)11-15-3-1-2-6-17-15/h1-7H,9-11H2. The second-order valence-electron chi connectivity index (χ2n) is 4.56. The van der Waals surface area contributed by atoms with E-state index in [1.54, 1.807) is 0 Å². The quantitative estimate of drug-likeness (QED) is 0.802. The van der Waals surface area contributed by atoms with Crippen molar-refractivity contribution in [3.05, 3.63) is 65.0 Å². The SMILES string of the molecule is N#Cc1ccc2c(c1)CN(Cc1ccccn1)C2. The molecule has 3 heteroatoms. The summed E-state index contributed by atoms with van der Waals surface area (Å²) in [6, 6.07) is 14.1. The predicted octanol–water partition coefficient (Wildman–Crippen LogP) is 2.47. The molecule has 0 bridgehead atoms. The van der Waals surface area contributed by atoms with Gasteiger partial charge < -0.3 is 0 Å². The van der Waals surface area contributed by atoms with E-state index in [0.29, 0.717) is 0 Å². The topological polar surface area (TPSA) is 39.9 Å². The molecule has 2 aromatic rings. The lowest BCUT2D eigenvalue weighted by Gasteiger charge is -2.13. The van der Waals surface area contributed by atoms with Gasteiger partial charge in [-0.3, -0.25) is 9.88 Å². The molecule has 1 aromatic carbocycles. The molecule has 1 aliphatic rings. The van der Waals surface area contributed by atoms with Crippen molar-refractivity contribution in [2.75, 3.05) is 0 Å². The van der Waals surface area contributed by atoms with E-state index in [4.69, 9.17) is 5.26 Å². The van der Waals surface area contributed by atoms with Gasteiger partial charge in [0.25, 0.3) is 0 Å². The number of benzene rings is 1. The number of nitrogens with zero attached hydrogens (tertiary/aromatic N) is 3. The van der Waals surface area contributed by atoms with Crippen LogP contribution in [0.5, 0.6) is 0 Å². The Kier molecular flexibility index (Phi) is 2.79. The van der Waals surface area contributed by atoms with Gasteiger partial charge in [0.15, 0.2) is 0 Å². The fourth-order valence-corrected chi connectivity index (χ4v) is 2.37. The van der Waals surface area contributed by atoms with Gasteiger partial charge in [0, 0.05) is 25.8 Å². The van der Waals surface area contributed by atoms with E-state index in [1.807, 2.05) is 36.5 Å². The molecule has 3 rings (SSSR count). The van der Waals surface area contributed by atoms with Gasteiger partial charge in [0.05, 0.1) is 17.3 Å². The van der Waals surface area contributed by atoms with Crippen LogP contribution in [0, 0.1) is 11.3 Å². The Morgan fingerprint density at radius 2 is 2.06 bits per heavy atom. The minimum atomic E-state index is 0.744. The average molecular weight is 235 g/mol. The zero-order chi connectivity index (χ0) is 12.4. The van der Waals surface area contributed by atoms with Crippen LogP contribution in [0.25, 0.3) is 0 Å². The number of hydrogen-bond acceptors (Lipinski definition) is 3. The minimum Gasteiger partial charge on any atom is -0.289 e. The molecule has 3 nitrogen and oxygen atoms in total. The molecule has 0 unspecified atom stereocenters. The van der Waals surface area contributed by atoms with Crippen LogP contribution < -0.4 is 0 Å². The Hall–Kier alpha value is -2.18. The lowest BCUT2D eigenvalue weighted by molar-refractivity contribution is 0.272. The smallest absolute Gasteiger partial charge is 0.0991 e. The van der Waals surface area contributed by atoms with Crippen LogP contribution in [-0.4, -0.2) is 9.88 Å². The van der Waals surface area contributed by atoms with Crippen molar-refractivity contribution in [1.82, 2.24) is 9.88 Å². The summed E-state index contributed by atoms with van der Waals surface area (Å²) in [7, 11) is 0. The minimum absolute atomic E-state index is 0.744. The number of fused-ring (bicyclic) bond motifs is 1. The highest BCUT2D eigenvalue weighted by Gasteiger charge is 2.19. The Morgan fingerprint density at radius 1 is 1.17 bits per heavy atom. The molecule has 2 heterocycles. The van der Waals surface area contributed by atoms with Crippen molar-refractivity contribution in [1.29, 1.82) is 5.26 Å². The summed E-state index contributed by atoms with van der Waals surface area (Å²) in [6.07, 6.45) is 1.83. The molecule has 0 fully saturated rings. The van der Waals surface area contributed by atoms with E-state index >= 15 is 0 Å². The van der Waals surface area contributed by atoms with E-state index in [2.05, 4.69) is 22.0 Å². The third kappa shape index (κ3) is 2.11. The first-order chi connectivity index (χ1) is 8.85. The van der Waals surface area contributed by atoms with E-state index < -0.39 is 0 Å². The predicted molar refractivity (Wildman–Crippen MR) is 68.3 cm³/mol. The third-order valence-corrected chi connectivity index (χ3v) is 3.24. The van der Waals surface area contributed by atoms with Gasteiger partial charge in [-0.1, -0.05) is 12.1 Å². The molecule has 88 valence electrons. The van der Waals surface area contributed by atoms with Crippen molar-refractivity contribution in [2.24, 2.45) is 0 Å². The number of rotatable bonds is 2. The van der Waals surface area contributed by atoms with E-state index in [1.165, 1.54) is 11.1 Å². The lowest BCUT2D eigenvalue weighted by Crippen LogP contribution is -2.16. The van der Waals surface area contributed by atoms with Crippen LogP contribution >= 0.6 is 0 Å². The van der Waals surface area contributed by atoms with Crippen molar-refractivity contribution < 1.29 is 0 Å². The summed E-state index contributed by atoms with van der Waals surface area (Å²) in [5, 5.41) is 8.90. The van der Waals surface area contributed by atoms with Crippen LogP contribution in [0.1, 0.15) is 22.4 Å². The molecule has 0 radical (unpaired) electrons. The van der Waals surface area contributed by atoms with Gasteiger partial charge in [0.2, 0.25) is 0 Å². The molecule has 0 spiro atoms. The number of nitriles is 1. The first-order valence-corrected chi connectivity index (χ1v) is 5.99. The van der Waals surface area contributed by atoms with Crippen LogP contribution in [0.15, 0.2) is 42.6 Å². The molecule has 1 aromatic heterocycles. The summed E-state index contributed by atoms with van der Waals surface area (Å²) in [6.45, 7) is 2.70. The monoisotopic (exact) mass is 235 g/mol. The van der Waals surface area contributed by atoms with E-state index in [-0.39, 0.29) is 0 Å². The largest absolute Gasteiger partial charge is 0.289 e. The van der Waals surface area contributed by atoms with Crippen LogP contribution in [0.4, 0.5) is 0 Å². The highest BCUT2D eigenvalue weighted by atomic mass is 15.1. The summed E-state index contributed by atoms with van der Waals surface area (Å²) in [5.41, 5.74) is 4.43. The summed E-state index contributed by atoms with van der Waals surface area (Å²) >= 11 is 0. The fraction of sp³-hybridized carbons (Fsp3) is 0.200. The third-order valence-electron chi connectivity index (χ3n) is 3.24. The Labute approximate surface area is 106 Å². The Bertz CT molecular complexity index is 599. The Morgan fingerprint density at radius 3 is 2.83 bits per heavy atom. The maximum atomic E-state index is 8.90. The summed E-state index contributed by atoms with van der Waals surface area (Å²) < 4.78 is 0. The first kappa shape index (κ1) is 10.9. The van der Waals surface area contributed by atoms with Crippen molar-refractivity contribution in [3.8, 4) is 6.07 Å². The molecule has 0 aliphatic carbocycles. The highest BCUT2D eigenvalue weighted by molar-refractivity contribution is 5.40. The van der Waals surface area contributed by atoms with Crippen LogP contribution in [0.3, 0.4) is 0 Å². The van der Waals surface area contributed by atoms with Crippen molar-refractivity contribution in [2.45, 2.75) is 19.6 Å². The summed E-state index contributed by atoms with van der Waals surface area (Å²) in [4.78, 5) is 6.69. The molecule has 0 saturated carbocycles. The highest BCUT2D eigenvalue weighted by Crippen LogP contribution is 2.24. The lowest BCUT2D eigenvalue weighted by atomic mass is 10.1. The molecule has 0 atom stereocenters. The zero-order valence-electron chi connectivity index (χ0n) is 10.0. The fourth-order valence-electron chi connectivity index (χ4n) is 2.37. The average Bonchev–Trinajstić information content (AvgIpc) is 2.80. The number of pyridine rings is 1. The van der Waals surface area contributed by atoms with Gasteiger partial charge in [-0.25, -0.2) is 0 Å². The van der Waals surface area contributed by atoms with Gasteiger partial charge >= 0.3 is 0 Å². The van der Waals surface area contributed by atoms with E-state index in [9.17, 15) is 0 Å². The van der Waals surface area contributed by atoms with Gasteiger partial charge in [-0.05, 0) is 35.4 Å². The van der Waals surface area contributed by atoms with Crippen LogP contribution in [0.2, 0.25) is 0 Å². The zero-order valence-corrected chi connectivity index (χ0v) is 10.0. The molecule has 0 N–H and O–H groups in total.